The number of rotatable bonds is 6. The Morgan fingerprint density at radius 3 is 2.26 bits per heavy atom. The van der Waals surface area contributed by atoms with E-state index in [4.69, 9.17) is 9.73 Å². The first-order chi connectivity index (χ1) is 16.4. The average molecular weight is 694 g/mol. The lowest BCUT2D eigenvalue weighted by Gasteiger charge is -2.13. The maximum absolute atomic E-state index is 13.1. The predicted octanol–water partition coefficient (Wildman–Crippen LogP) is 7.72. The maximum Gasteiger partial charge on any atom is 0.266 e. The molecule has 0 bridgehead atoms. The summed E-state index contributed by atoms with van der Waals surface area (Å²) in [6.45, 7) is 7.17. The molecule has 7 heteroatoms. The molecule has 3 aromatic carbocycles. The largest absolute Gasteiger partial charge is 0.487 e. The predicted molar refractivity (Wildman–Crippen MR) is 159 cm³/mol. The van der Waals surface area contributed by atoms with Gasteiger partial charge in [-0.3, -0.25) is 9.69 Å². The Morgan fingerprint density at radius 1 is 1.00 bits per heavy atom. The Balaban J connectivity index is 1.60. The molecular weight excluding hydrogens is 670 g/mol. The van der Waals surface area contributed by atoms with E-state index in [1.54, 1.807) is 4.90 Å². The highest BCUT2D eigenvalue weighted by Crippen LogP contribution is 2.37. The number of benzene rings is 3. The third-order valence-corrected chi connectivity index (χ3v) is 8.00. The average Bonchev–Trinajstić information content (AvgIpc) is 3.10. The van der Waals surface area contributed by atoms with Gasteiger partial charge < -0.3 is 4.74 Å². The molecule has 0 unspecified atom stereocenters. The number of thioether (sulfide) groups is 1. The fourth-order valence-electron chi connectivity index (χ4n) is 3.63. The molecule has 0 aromatic heterocycles. The van der Waals surface area contributed by atoms with E-state index < -0.39 is 0 Å². The van der Waals surface area contributed by atoms with E-state index in [0.717, 1.165) is 46.0 Å². The van der Waals surface area contributed by atoms with Crippen LogP contribution in [0.25, 0.3) is 6.08 Å². The number of amides is 1. The molecule has 1 aliphatic heterocycles. The van der Waals surface area contributed by atoms with Crippen molar-refractivity contribution in [1.82, 2.24) is 4.90 Å². The Hall–Kier alpha value is -1.85. The second-order valence-corrected chi connectivity index (χ2v) is 11.2. The number of carbonyl (C=O) groups is 1. The van der Waals surface area contributed by atoms with Gasteiger partial charge in [0.15, 0.2) is 5.17 Å². The molecule has 0 N–H and O–H groups in total. The monoisotopic (exact) mass is 694 g/mol. The maximum atomic E-state index is 13.1. The van der Waals surface area contributed by atoms with Crippen molar-refractivity contribution < 1.29 is 9.53 Å². The second kappa shape index (κ2) is 11.3. The van der Waals surface area contributed by atoms with Crippen LogP contribution in [0.5, 0.6) is 5.75 Å². The first-order valence-electron chi connectivity index (χ1n) is 10.9. The van der Waals surface area contributed by atoms with E-state index >= 15 is 0 Å². The normalized spacial score (nSPS) is 16.0. The zero-order chi connectivity index (χ0) is 24.2. The van der Waals surface area contributed by atoms with Crippen molar-refractivity contribution in [3.63, 3.8) is 0 Å². The topological polar surface area (TPSA) is 41.9 Å². The van der Waals surface area contributed by atoms with Gasteiger partial charge in [-0.05, 0) is 118 Å². The molecule has 0 radical (unpaired) electrons. The smallest absolute Gasteiger partial charge is 0.266 e. The molecule has 0 saturated carbocycles. The van der Waals surface area contributed by atoms with Crippen molar-refractivity contribution in [3.05, 3.63) is 95.0 Å². The van der Waals surface area contributed by atoms with Crippen LogP contribution >= 0.6 is 56.9 Å². The molecule has 0 aliphatic carbocycles. The number of likely N-dealkylation sites (N-methyl/N-ethyl adjacent to an activating group) is 1. The lowest BCUT2D eigenvalue weighted by atomic mass is 10.1. The third-order valence-electron chi connectivity index (χ3n) is 5.40. The number of nitrogens with zero attached hydrogens (tertiary/aromatic N) is 2. The minimum atomic E-state index is -0.00749. The molecule has 34 heavy (non-hydrogen) atoms. The van der Waals surface area contributed by atoms with Crippen LogP contribution < -0.4 is 4.74 Å². The fourth-order valence-corrected chi connectivity index (χ4v) is 6.81. The van der Waals surface area contributed by atoms with Gasteiger partial charge in [0.1, 0.15) is 12.4 Å². The van der Waals surface area contributed by atoms with Crippen LogP contribution in [0.3, 0.4) is 0 Å². The highest BCUT2D eigenvalue weighted by atomic mass is 127. The number of hydrogen-bond donors (Lipinski definition) is 0. The van der Waals surface area contributed by atoms with E-state index in [1.807, 2.05) is 63.2 Å². The number of amidine groups is 1. The molecule has 4 rings (SSSR count). The van der Waals surface area contributed by atoms with Crippen LogP contribution in [0.2, 0.25) is 0 Å². The molecule has 1 fully saturated rings. The van der Waals surface area contributed by atoms with Crippen LogP contribution in [0.4, 0.5) is 5.69 Å². The van der Waals surface area contributed by atoms with Gasteiger partial charge >= 0.3 is 0 Å². The molecule has 1 saturated heterocycles. The van der Waals surface area contributed by atoms with Crippen molar-refractivity contribution in [1.29, 1.82) is 0 Å². The van der Waals surface area contributed by atoms with Gasteiger partial charge in [-0.2, -0.15) is 0 Å². The first kappa shape index (κ1) is 25.2. The van der Waals surface area contributed by atoms with Gasteiger partial charge in [-0.15, -0.1) is 0 Å². The van der Waals surface area contributed by atoms with E-state index in [9.17, 15) is 4.79 Å². The molecule has 174 valence electrons. The lowest BCUT2D eigenvalue weighted by molar-refractivity contribution is -0.122. The Labute approximate surface area is 232 Å². The molecule has 1 amide bonds. The van der Waals surface area contributed by atoms with Crippen LogP contribution in [0.15, 0.2) is 70.6 Å². The molecule has 4 nitrogen and oxygen atoms in total. The van der Waals surface area contributed by atoms with Gasteiger partial charge in [0.2, 0.25) is 0 Å². The van der Waals surface area contributed by atoms with E-state index in [-0.39, 0.29) is 5.91 Å². The summed E-state index contributed by atoms with van der Waals surface area (Å²) in [6, 6.07) is 20.4. The van der Waals surface area contributed by atoms with Gasteiger partial charge in [0.25, 0.3) is 5.91 Å². The highest BCUT2D eigenvalue weighted by molar-refractivity contribution is 14.1. The Bertz CT molecular complexity index is 1250. The van der Waals surface area contributed by atoms with Crippen LogP contribution in [-0.2, 0) is 11.4 Å². The van der Waals surface area contributed by atoms with Gasteiger partial charge in [0.05, 0.1) is 17.7 Å². The van der Waals surface area contributed by atoms with Crippen LogP contribution in [0, 0.1) is 21.0 Å². The number of aryl methyl sites for hydroxylation is 2. The van der Waals surface area contributed by atoms with Gasteiger partial charge in [0, 0.05) is 6.54 Å². The molecule has 3 aromatic rings. The summed E-state index contributed by atoms with van der Waals surface area (Å²) in [5.74, 6) is 0.858. The number of hydrogen-bond acceptors (Lipinski definition) is 4. The first-order valence-corrected chi connectivity index (χ1v) is 13.9. The van der Waals surface area contributed by atoms with Gasteiger partial charge in [-0.1, -0.05) is 48.5 Å². The highest BCUT2D eigenvalue weighted by Gasteiger charge is 2.32. The molecule has 1 aliphatic rings. The number of aliphatic imine (C=N–C) groups is 1. The van der Waals surface area contributed by atoms with E-state index in [2.05, 4.69) is 69.4 Å². The van der Waals surface area contributed by atoms with Crippen LogP contribution in [0.1, 0.15) is 29.2 Å². The minimum absolute atomic E-state index is 0.00749. The van der Waals surface area contributed by atoms with Gasteiger partial charge in [-0.25, -0.2) is 4.99 Å². The summed E-state index contributed by atoms with van der Waals surface area (Å²) in [6.07, 6.45) is 1.95. The SMILES string of the molecule is CCN1C(=O)/C(=C\c2cc(I)c(OCc3ccccc3)c(I)c2)SC1=Nc1c(C)cccc1C. The van der Waals surface area contributed by atoms with E-state index in [1.165, 1.54) is 11.8 Å². The van der Waals surface area contributed by atoms with Crippen molar-refractivity contribution >= 4 is 79.8 Å². The van der Waals surface area contributed by atoms with E-state index in [0.29, 0.717) is 18.1 Å². The zero-order valence-corrected chi connectivity index (χ0v) is 24.3. The van der Waals surface area contributed by atoms with Crippen molar-refractivity contribution in [2.45, 2.75) is 27.4 Å². The molecule has 0 spiro atoms. The number of para-hydroxylation sites is 1. The number of halogens is 2. The molecular formula is C27H24I2N2O2S. The van der Waals surface area contributed by atoms with Crippen molar-refractivity contribution in [2.75, 3.05) is 6.54 Å². The summed E-state index contributed by atoms with van der Waals surface area (Å²) >= 11 is 6.03. The summed E-state index contributed by atoms with van der Waals surface area (Å²) in [7, 11) is 0. The van der Waals surface area contributed by atoms with Crippen molar-refractivity contribution in [3.8, 4) is 5.75 Å². The quantitative estimate of drug-likeness (QED) is 0.196. The summed E-state index contributed by atoms with van der Waals surface area (Å²) in [5, 5.41) is 0.725. The zero-order valence-electron chi connectivity index (χ0n) is 19.1. The molecule has 1 heterocycles. The number of carbonyl (C=O) groups excluding carboxylic acids is 1. The number of ether oxygens (including phenoxy) is 1. The summed E-state index contributed by atoms with van der Waals surface area (Å²) in [4.78, 5) is 20.4. The third kappa shape index (κ3) is 5.68. The minimum Gasteiger partial charge on any atom is -0.487 e. The molecule has 0 atom stereocenters. The van der Waals surface area contributed by atoms with Crippen LogP contribution in [-0.4, -0.2) is 22.5 Å². The standard InChI is InChI=1S/C27H24I2N2O2S/c1-4-31-26(32)23(34-27(31)30-24-17(2)9-8-10-18(24)3)15-20-13-21(28)25(22(29)14-20)33-16-19-11-6-5-7-12-19/h5-15H,4,16H2,1-3H3/b23-15+,30-27?. The Kier molecular flexibility index (Phi) is 8.36. The summed E-state index contributed by atoms with van der Waals surface area (Å²) < 4.78 is 8.13. The van der Waals surface area contributed by atoms with Crippen molar-refractivity contribution in [2.24, 2.45) is 4.99 Å². The fraction of sp³-hybridized carbons (Fsp3) is 0.185. The lowest BCUT2D eigenvalue weighted by Crippen LogP contribution is -2.28. The summed E-state index contributed by atoms with van der Waals surface area (Å²) in [5.41, 5.74) is 5.24. The second-order valence-electron chi connectivity index (χ2n) is 7.88. The Morgan fingerprint density at radius 2 is 1.65 bits per heavy atom.